The highest BCUT2D eigenvalue weighted by atomic mass is 16.3. The lowest BCUT2D eigenvalue weighted by Gasteiger charge is -2.26. The predicted molar refractivity (Wildman–Crippen MR) is 54.9 cm³/mol. The van der Waals surface area contributed by atoms with E-state index in [-0.39, 0.29) is 11.7 Å². The Morgan fingerprint density at radius 1 is 1.29 bits per heavy atom. The minimum Gasteiger partial charge on any atom is -0.508 e. The van der Waals surface area contributed by atoms with Crippen LogP contribution in [0.3, 0.4) is 0 Å². The summed E-state index contributed by atoms with van der Waals surface area (Å²) in [5, 5.41) is 12.0. The van der Waals surface area contributed by atoms with Crippen LogP contribution >= 0.6 is 0 Å². The maximum absolute atomic E-state index is 10.9. The van der Waals surface area contributed by atoms with Crippen molar-refractivity contribution in [3.63, 3.8) is 0 Å². The van der Waals surface area contributed by atoms with Crippen molar-refractivity contribution in [2.75, 3.05) is 0 Å². The standard InChI is InChI=1S/C11H15NO2/c1-8(13)12-11(2,3)9-4-6-10(14)7-5-9/h4-7,14H,1-3H3,(H,12,13). The van der Waals surface area contributed by atoms with Crippen LogP contribution in [0.5, 0.6) is 5.75 Å². The molecular formula is C11H15NO2. The van der Waals surface area contributed by atoms with Gasteiger partial charge >= 0.3 is 0 Å². The molecule has 14 heavy (non-hydrogen) atoms. The number of aromatic hydroxyl groups is 1. The summed E-state index contributed by atoms with van der Waals surface area (Å²) in [6.07, 6.45) is 0. The van der Waals surface area contributed by atoms with Crippen LogP contribution in [0.4, 0.5) is 0 Å². The second-order valence-electron chi connectivity index (χ2n) is 3.85. The lowest BCUT2D eigenvalue weighted by molar-refractivity contribution is -0.120. The Labute approximate surface area is 83.8 Å². The summed E-state index contributed by atoms with van der Waals surface area (Å²) in [7, 11) is 0. The van der Waals surface area contributed by atoms with Crippen molar-refractivity contribution in [3.05, 3.63) is 29.8 Å². The predicted octanol–water partition coefficient (Wildman–Crippen LogP) is 1.76. The third-order valence-electron chi connectivity index (χ3n) is 2.08. The summed E-state index contributed by atoms with van der Waals surface area (Å²) >= 11 is 0. The summed E-state index contributed by atoms with van der Waals surface area (Å²) in [6, 6.07) is 6.81. The Hall–Kier alpha value is -1.51. The van der Waals surface area contributed by atoms with Gasteiger partial charge in [-0.15, -0.1) is 0 Å². The topological polar surface area (TPSA) is 49.3 Å². The van der Waals surface area contributed by atoms with E-state index >= 15 is 0 Å². The van der Waals surface area contributed by atoms with Crippen molar-refractivity contribution >= 4 is 5.91 Å². The number of carbonyl (C=O) groups is 1. The van der Waals surface area contributed by atoms with Crippen LogP contribution in [-0.4, -0.2) is 11.0 Å². The minimum atomic E-state index is -0.403. The Kier molecular flexibility index (Phi) is 2.79. The molecule has 0 fully saturated rings. The fourth-order valence-electron chi connectivity index (χ4n) is 1.39. The Morgan fingerprint density at radius 2 is 1.79 bits per heavy atom. The summed E-state index contributed by atoms with van der Waals surface area (Å²) in [6.45, 7) is 5.32. The van der Waals surface area contributed by atoms with Gasteiger partial charge in [-0.25, -0.2) is 0 Å². The van der Waals surface area contributed by atoms with Gasteiger partial charge in [0.2, 0.25) is 5.91 Å². The first-order valence-electron chi connectivity index (χ1n) is 4.50. The number of carbonyl (C=O) groups excluding carboxylic acids is 1. The summed E-state index contributed by atoms with van der Waals surface area (Å²) in [4.78, 5) is 10.9. The van der Waals surface area contributed by atoms with Crippen molar-refractivity contribution in [2.45, 2.75) is 26.3 Å². The average Bonchev–Trinajstić information content (AvgIpc) is 2.02. The van der Waals surface area contributed by atoms with Crippen molar-refractivity contribution in [2.24, 2.45) is 0 Å². The van der Waals surface area contributed by atoms with Crippen LogP contribution in [0.1, 0.15) is 26.3 Å². The van der Waals surface area contributed by atoms with Crippen molar-refractivity contribution in [1.29, 1.82) is 0 Å². The molecule has 0 aliphatic carbocycles. The number of phenols is 1. The highest BCUT2D eigenvalue weighted by molar-refractivity contribution is 5.74. The number of nitrogens with one attached hydrogen (secondary N) is 1. The van der Waals surface area contributed by atoms with Crippen LogP contribution in [0.25, 0.3) is 0 Å². The second kappa shape index (κ2) is 3.70. The maximum atomic E-state index is 10.9. The molecule has 0 aliphatic heterocycles. The molecule has 3 heteroatoms. The van der Waals surface area contributed by atoms with E-state index in [0.29, 0.717) is 0 Å². The van der Waals surface area contributed by atoms with Gasteiger partial charge in [0, 0.05) is 6.92 Å². The van der Waals surface area contributed by atoms with Crippen LogP contribution in [0, 0.1) is 0 Å². The van der Waals surface area contributed by atoms with Crippen molar-refractivity contribution in [1.82, 2.24) is 5.32 Å². The number of phenolic OH excluding ortho intramolecular Hbond substituents is 1. The molecule has 0 aliphatic rings. The smallest absolute Gasteiger partial charge is 0.217 e. The third-order valence-corrected chi connectivity index (χ3v) is 2.08. The van der Waals surface area contributed by atoms with Gasteiger partial charge in [-0.05, 0) is 31.5 Å². The zero-order valence-corrected chi connectivity index (χ0v) is 8.66. The molecule has 0 atom stereocenters. The maximum Gasteiger partial charge on any atom is 0.217 e. The first kappa shape index (κ1) is 10.6. The Balaban J connectivity index is 2.91. The molecule has 1 rings (SSSR count). The molecule has 0 bridgehead atoms. The van der Waals surface area contributed by atoms with E-state index in [1.807, 2.05) is 13.8 Å². The van der Waals surface area contributed by atoms with Crippen molar-refractivity contribution in [3.8, 4) is 5.75 Å². The van der Waals surface area contributed by atoms with Crippen LogP contribution in [-0.2, 0) is 10.3 Å². The SMILES string of the molecule is CC(=O)NC(C)(C)c1ccc(O)cc1. The molecule has 1 aromatic rings. The van der Waals surface area contributed by atoms with Crippen LogP contribution in [0.15, 0.2) is 24.3 Å². The van der Waals surface area contributed by atoms with E-state index in [9.17, 15) is 4.79 Å². The minimum absolute atomic E-state index is 0.0666. The molecule has 2 N–H and O–H groups in total. The third kappa shape index (κ3) is 2.49. The van der Waals surface area contributed by atoms with Gasteiger partial charge in [0.15, 0.2) is 0 Å². The van der Waals surface area contributed by atoms with Gasteiger partial charge < -0.3 is 10.4 Å². The quantitative estimate of drug-likeness (QED) is 0.752. The Morgan fingerprint density at radius 3 is 2.21 bits per heavy atom. The molecule has 3 nitrogen and oxygen atoms in total. The van der Waals surface area contributed by atoms with Gasteiger partial charge in [0.1, 0.15) is 5.75 Å². The lowest BCUT2D eigenvalue weighted by atomic mass is 9.94. The number of hydrogen-bond donors (Lipinski definition) is 2. The van der Waals surface area contributed by atoms with Gasteiger partial charge in [-0.2, -0.15) is 0 Å². The average molecular weight is 193 g/mol. The summed E-state index contributed by atoms with van der Waals surface area (Å²) in [5.74, 6) is 0.162. The molecule has 0 radical (unpaired) electrons. The molecule has 0 saturated carbocycles. The largest absolute Gasteiger partial charge is 0.508 e. The van der Waals surface area contributed by atoms with Gasteiger partial charge in [-0.1, -0.05) is 12.1 Å². The monoisotopic (exact) mass is 193 g/mol. The number of hydrogen-bond acceptors (Lipinski definition) is 2. The Bertz CT molecular complexity index is 328. The second-order valence-corrected chi connectivity index (χ2v) is 3.85. The first-order valence-corrected chi connectivity index (χ1v) is 4.50. The van der Waals surface area contributed by atoms with E-state index in [0.717, 1.165) is 5.56 Å². The highest BCUT2D eigenvalue weighted by Gasteiger charge is 2.20. The normalized spacial score (nSPS) is 11.1. The molecule has 0 heterocycles. The highest BCUT2D eigenvalue weighted by Crippen LogP contribution is 2.21. The van der Waals surface area contributed by atoms with Crippen LogP contribution < -0.4 is 5.32 Å². The molecule has 1 amide bonds. The zero-order chi connectivity index (χ0) is 10.8. The van der Waals surface area contributed by atoms with E-state index in [1.165, 1.54) is 6.92 Å². The molecule has 0 saturated heterocycles. The molecular weight excluding hydrogens is 178 g/mol. The van der Waals surface area contributed by atoms with Crippen molar-refractivity contribution < 1.29 is 9.90 Å². The molecule has 0 spiro atoms. The van der Waals surface area contributed by atoms with Gasteiger partial charge in [0.05, 0.1) is 5.54 Å². The molecule has 1 aromatic carbocycles. The summed E-state index contributed by atoms with van der Waals surface area (Å²) < 4.78 is 0. The van der Waals surface area contributed by atoms with Gasteiger partial charge in [-0.3, -0.25) is 4.79 Å². The molecule has 76 valence electrons. The van der Waals surface area contributed by atoms with E-state index < -0.39 is 5.54 Å². The number of benzene rings is 1. The lowest BCUT2D eigenvalue weighted by Crippen LogP contribution is -2.39. The van der Waals surface area contributed by atoms with E-state index in [1.54, 1.807) is 24.3 Å². The molecule has 0 unspecified atom stereocenters. The number of amides is 1. The summed E-state index contributed by atoms with van der Waals surface area (Å²) in [5.41, 5.74) is 0.560. The first-order chi connectivity index (χ1) is 6.42. The fraction of sp³-hybridized carbons (Fsp3) is 0.364. The van der Waals surface area contributed by atoms with Crippen LogP contribution in [0.2, 0.25) is 0 Å². The molecule has 0 aromatic heterocycles. The number of rotatable bonds is 2. The van der Waals surface area contributed by atoms with E-state index in [4.69, 9.17) is 5.11 Å². The zero-order valence-electron chi connectivity index (χ0n) is 8.66. The van der Waals surface area contributed by atoms with Gasteiger partial charge in [0.25, 0.3) is 0 Å². The van der Waals surface area contributed by atoms with E-state index in [2.05, 4.69) is 5.32 Å². The fourth-order valence-corrected chi connectivity index (χ4v) is 1.39.